The number of halogens is 1. The van der Waals surface area contributed by atoms with E-state index in [-0.39, 0.29) is 10.8 Å². The molecule has 0 aliphatic rings. The molecule has 5 nitrogen and oxygen atoms in total. The Bertz CT molecular complexity index is 971. The molecule has 2 N–H and O–H groups in total. The van der Waals surface area contributed by atoms with Crippen molar-refractivity contribution in [1.82, 2.24) is 5.32 Å². The van der Waals surface area contributed by atoms with Crippen LogP contribution in [0.4, 0.5) is 10.5 Å². The maximum absolute atomic E-state index is 12.9. The Kier molecular flexibility index (Phi) is 5.98. The summed E-state index contributed by atoms with van der Waals surface area (Å²) in [5, 5.41) is 8.49. The van der Waals surface area contributed by atoms with Gasteiger partial charge in [-0.05, 0) is 41.1 Å². The first kappa shape index (κ1) is 18.9. The van der Waals surface area contributed by atoms with Gasteiger partial charge >= 0.3 is 6.03 Å². The zero-order chi connectivity index (χ0) is 18.6. The van der Waals surface area contributed by atoms with Crippen molar-refractivity contribution < 1.29 is 13.2 Å². The molecule has 0 bridgehead atoms. The van der Waals surface area contributed by atoms with Gasteiger partial charge in [0.1, 0.15) is 9.46 Å². The highest BCUT2D eigenvalue weighted by Crippen LogP contribution is 2.33. The van der Waals surface area contributed by atoms with Crippen LogP contribution in [-0.4, -0.2) is 21.0 Å². The fraction of sp³-hybridized carbons (Fsp3) is 0.118. The van der Waals surface area contributed by atoms with Crippen molar-refractivity contribution in [3.63, 3.8) is 0 Å². The minimum atomic E-state index is -3.59. The number of amides is 2. The average molecular weight is 427 g/mol. The quantitative estimate of drug-likeness (QED) is 0.594. The van der Waals surface area contributed by atoms with Crippen molar-refractivity contribution in [2.45, 2.75) is 9.46 Å². The molecule has 3 rings (SSSR count). The van der Waals surface area contributed by atoms with E-state index in [4.69, 9.17) is 11.6 Å². The summed E-state index contributed by atoms with van der Waals surface area (Å²) in [4.78, 5) is 12.8. The zero-order valence-corrected chi connectivity index (χ0v) is 16.6. The van der Waals surface area contributed by atoms with Gasteiger partial charge in [0.25, 0.3) is 0 Å². The molecule has 0 spiro atoms. The number of hydrogen-bond donors (Lipinski definition) is 2. The lowest BCUT2D eigenvalue weighted by atomic mass is 10.3. The molecule has 2 aromatic heterocycles. The van der Waals surface area contributed by atoms with Crippen molar-refractivity contribution in [2.24, 2.45) is 0 Å². The molecule has 1 atom stereocenters. The van der Waals surface area contributed by atoms with E-state index in [1.165, 1.54) is 22.7 Å². The zero-order valence-electron chi connectivity index (χ0n) is 13.4. The summed E-state index contributed by atoms with van der Waals surface area (Å²) in [6, 6.07) is 13.1. The molecule has 0 fully saturated rings. The summed E-state index contributed by atoms with van der Waals surface area (Å²) in [7, 11) is -3.59. The van der Waals surface area contributed by atoms with Gasteiger partial charge in [0, 0.05) is 22.1 Å². The third-order valence-electron chi connectivity index (χ3n) is 3.54. The van der Waals surface area contributed by atoms with Crippen molar-refractivity contribution >= 4 is 55.8 Å². The normalized spacial score (nSPS) is 12.5. The highest BCUT2D eigenvalue weighted by molar-refractivity contribution is 7.93. The van der Waals surface area contributed by atoms with Gasteiger partial charge < -0.3 is 10.6 Å². The van der Waals surface area contributed by atoms with Crippen LogP contribution < -0.4 is 10.6 Å². The lowest BCUT2D eigenvalue weighted by molar-refractivity contribution is 0.252. The molecule has 26 heavy (non-hydrogen) atoms. The number of urea groups is 1. The number of carbonyl (C=O) groups is 1. The van der Waals surface area contributed by atoms with Crippen LogP contribution in [0.2, 0.25) is 5.02 Å². The van der Waals surface area contributed by atoms with Gasteiger partial charge in [-0.1, -0.05) is 29.8 Å². The molecule has 0 radical (unpaired) electrons. The van der Waals surface area contributed by atoms with Crippen LogP contribution in [0.1, 0.15) is 10.1 Å². The number of rotatable bonds is 6. The Morgan fingerprint density at radius 2 is 1.85 bits per heavy atom. The number of thiophene rings is 2. The number of hydrogen-bond acceptors (Lipinski definition) is 5. The predicted octanol–water partition coefficient (Wildman–Crippen LogP) is 4.80. The van der Waals surface area contributed by atoms with Crippen LogP contribution in [-0.2, 0) is 9.84 Å². The molecule has 2 amide bonds. The number of sulfone groups is 1. The number of nitrogens with one attached hydrogen (secondary N) is 2. The number of carbonyl (C=O) groups excluding carboxylic acids is 1. The first-order valence-electron chi connectivity index (χ1n) is 7.58. The summed E-state index contributed by atoms with van der Waals surface area (Å²) in [6.07, 6.45) is 0. The standard InChI is InChI=1S/C17H15ClN2O3S3/c18-12-4-1-5-13(10-12)20-17(21)19-11-15(14-6-2-8-24-14)26(22,23)16-7-3-9-25-16/h1-10,15H,11H2,(H2,19,20,21)/t15-/m0/s1. The van der Waals surface area contributed by atoms with Crippen LogP contribution in [0, 0.1) is 0 Å². The second kappa shape index (κ2) is 8.22. The molecule has 1 aromatic carbocycles. The van der Waals surface area contributed by atoms with E-state index in [2.05, 4.69) is 10.6 Å². The van der Waals surface area contributed by atoms with Gasteiger partial charge in [0.05, 0.1) is 0 Å². The van der Waals surface area contributed by atoms with E-state index in [0.29, 0.717) is 15.6 Å². The van der Waals surface area contributed by atoms with Gasteiger partial charge in [-0.3, -0.25) is 0 Å². The molecular formula is C17H15ClN2O3S3. The molecule has 9 heteroatoms. The van der Waals surface area contributed by atoms with E-state index in [0.717, 1.165) is 0 Å². The van der Waals surface area contributed by atoms with Crippen LogP contribution in [0.25, 0.3) is 0 Å². The van der Waals surface area contributed by atoms with Gasteiger partial charge in [0.2, 0.25) is 0 Å². The molecule has 0 saturated heterocycles. The van der Waals surface area contributed by atoms with E-state index < -0.39 is 21.1 Å². The topological polar surface area (TPSA) is 75.3 Å². The molecule has 0 aliphatic heterocycles. The molecular weight excluding hydrogens is 412 g/mol. The summed E-state index contributed by atoms with van der Waals surface area (Å²) in [5.74, 6) is 0. The Morgan fingerprint density at radius 3 is 2.50 bits per heavy atom. The fourth-order valence-corrected chi connectivity index (χ4v) is 6.51. The Morgan fingerprint density at radius 1 is 1.08 bits per heavy atom. The molecule has 0 unspecified atom stereocenters. The highest BCUT2D eigenvalue weighted by atomic mass is 35.5. The Balaban J connectivity index is 1.74. The van der Waals surface area contributed by atoms with Gasteiger partial charge in [-0.2, -0.15) is 0 Å². The first-order chi connectivity index (χ1) is 12.5. The van der Waals surface area contributed by atoms with Crippen LogP contribution in [0.15, 0.2) is 63.5 Å². The molecule has 3 aromatic rings. The average Bonchev–Trinajstić information content (AvgIpc) is 3.29. The molecule has 0 aliphatic carbocycles. The Hall–Kier alpha value is -1.87. The van der Waals surface area contributed by atoms with Crippen molar-refractivity contribution in [3.8, 4) is 0 Å². The second-order valence-electron chi connectivity index (χ2n) is 5.33. The van der Waals surface area contributed by atoms with E-state index in [1.807, 2.05) is 5.38 Å². The van der Waals surface area contributed by atoms with E-state index >= 15 is 0 Å². The smallest absolute Gasteiger partial charge is 0.319 e. The maximum Gasteiger partial charge on any atom is 0.319 e. The monoisotopic (exact) mass is 426 g/mol. The SMILES string of the molecule is O=C(NC[C@@H](c1cccs1)S(=O)(=O)c1cccs1)Nc1cccc(Cl)c1. The minimum Gasteiger partial charge on any atom is -0.336 e. The number of benzene rings is 1. The first-order valence-corrected chi connectivity index (χ1v) is 11.3. The summed E-state index contributed by atoms with van der Waals surface area (Å²) >= 11 is 8.41. The molecule has 136 valence electrons. The van der Waals surface area contributed by atoms with Gasteiger partial charge in [-0.25, -0.2) is 13.2 Å². The maximum atomic E-state index is 12.9. The van der Waals surface area contributed by atoms with E-state index in [9.17, 15) is 13.2 Å². The summed E-state index contributed by atoms with van der Waals surface area (Å²) in [6.45, 7) is -0.0346. The molecule has 0 saturated carbocycles. The summed E-state index contributed by atoms with van der Waals surface area (Å²) < 4.78 is 26.2. The lowest BCUT2D eigenvalue weighted by Crippen LogP contribution is -2.34. The van der Waals surface area contributed by atoms with Crippen LogP contribution in [0.3, 0.4) is 0 Å². The van der Waals surface area contributed by atoms with Gasteiger partial charge in [0.15, 0.2) is 9.84 Å². The third kappa shape index (κ3) is 4.45. The van der Waals surface area contributed by atoms with Crippen LogP contribution in [0.5, 0.6) is 0 Å². The minimum absolute atomic E-state index is 0.0346. The number of anilines is 1. The second-order valence-corrected chi connectivity index (χ2v) is 10.0. The van der Waals surface area contributed by atoms with E-state index in [1.54, 1.807) is 53.9 Å². The van der Waals surface area contributed by atoms with Crippen LogP contribution >= 0.6 is 34.3 Å². The third-order valence-corrected chi connectivity index (χ3v) is 8.43. The largest absolute Gasteiger partial charge is 0.336 e. The van der Waals surface area contributed by atoms with Crippen molar-refractivity contribution in [3.05, 3.63) is 69.2 Å². The summed E-state index contributed by atoms with van der Waals surface area (Å²) in [5.41, 5.74) is 0.531. The van der Waals surface area contributed by atoms with Gasteiger partial charge in [-0.15, -0.1) is 22.7 Å². The Labute approximate surface area is 164 Å². The lowest BCUT2D eigenvalue weighted by Gasteiger charge is -2.16. The predicted molar refractivity (Wildman–Crippen MR) is 107 cm³/mol. The van der Waals surface area contributed by atoms with Crippen molar-refractivity contribution in [2.75, 3.05) is 11.9 Å². The fourth-order valence-electron chi connectivity index (χ4n) is 2.33. The van der Waals surface area contributed by atoms with Crippen molar-refractivity contribution in [1.29, 1.82) is 0 Å². The molecule has 2 heterocycles. The highest BCUT2D eigenvalue weighted by Gasteiger charge is 2.31.